The Kier molecular flexibility index (Phi) is 27.2. The van der Waals surface area contributed by atoms with Gasteiger partial charge in [-0.2, -0.15) is 0 Å². The Morgan fingerprint density at radius 3 is 1.27 bits per heavy atom. The zero-order valence-electron chi connectivity index (χ0n) is 53.4. The normalized spacial score (nSPS) is 25.1. The summed E-state index contributed by atoms with van der Waals surface area (Å²) in [7, 11) is 0. The molecule has 3 aliphatic rings. The van der Waals surface area contributed by atoms with E-state index >= 15 is 9.59 Å². The number of carbonyl (C=O) groups excluding carboxylic acids is 11. The van der Waals surface area contributed by atoms with Crippen molar-refractivity contribution in [1.29, 1.82) is 0 Å². The lowest BCUT2D eigenvalue weighted by atomic mass is 9.98. The number of benzene rings is 2. The third-order valence-corrected chi connectivity index (χ3v) is 16.5. The largest absolute Gasteiger partial charge is 0.351 e. The van der Waals surface area contributed by atoms with Gasteiger partial charge < -0.3 is 63.4 Å². The van der Waals surface area contributed by atoms with Crippen LogP contribution >= 0.6 is 0 Å². The summed E-state index contributed by atoms with van der Waals surface area (Å²) in [5.41, 5.74) is 7.49. The van der Waals surface area contributed by atoms with Crippen LogP contribution in [0.25, 0.3) is 0 Å². The van der Waals surface area contributed by atoms with Gasteiger partial charge in [0.15, 0.2) is 0 Å². The summed E-state index contributed by atoms with van der Waals surface area (Å²) >= 11 is 0. The first kappa shape index (κ1) is 70.8. The van der Waals surface area contributed by atoms with Crippen LogP contribution in [0.3, 0.4) is 0 Å². The fourth-order valence-electron chi connectivity index (χ4n) is 11.6. The van der Waals surface area contributed by atoms with E-state index in [0.717, 1.165) is 0 Å². The van der Waals surface area contributed by atoms with Gasteiger partial charge in [-0.05, 0) is 118 Å². The summed E-state index contributed by atoms with van der Waals surface area (Å²) in [6.45, 7) is 14.8. The molecule has 10 atom stereocenters. The summed E-state index contributed by atoms with van der Waals surface area (Å²) in [6.07, 6.45) is 3.38. The van der Waals surface area contributed by atoms with Crippen LogP contribution in [0.5, 0.6) is 0 Å². The second kappa shape index (κ2) is 34.6. The fraction of sp³-hybridized carbons (Fsp3) is 0.576. The number of amides is 11. The van der Waals surface area contributed by atoms with E-state index in [0.29, 0.717) is 30.4 Å². The van der Waals surface area contributed by atoms with E-state index in [4.69, 9.17) is 5.73 Å². The number of fused-ring (bicyclic) bond motifs is 2. The minimum absolute atomic E-state index is 0.00409. The van der Waals surface area contributed by atoms with E-state index in [2.05, 4.69) is 52.8 Å². The third-order valence-electron chi connectivity index (χ3n) is 16.5. The Morgan fingerprint density at radius 1 is 0.489 bits per heavy atom. The van der Waals surface area contributed by atoms with Gasteiger partial charge in [0.1, 0.15) is 66.1 Å². The van der Waals surface area contributed by atoms with Gasteiger partial charge in [-0.15, -0.1) is 0 Å². The number of nitrogens with one attached hydrogen (secondary N) is 9. The van der Waals surface area contributed by atoms with Crippen LogP contribution in [0, 0.1) is 23.7 Å². The lowest BCUT2D eigenvalue weighted by Gasteiger charge is -2.33. The molecule has 2 aromatic carbocycles. The molecular formula is C66H95N13O11. The Morgan fingerprint density at radius 2 is 0.878 bits per heavy atom. The average molecular weight is 1250 g/mol. The second-order valence-corrected chi connectivity index (χ2v) is 25.4. The summed E-state index contributed by atoms with van der Waals surface area (Å²) in [5.74, 6) is -8.70. The molecule has 24 heteroatoms. The maximum Gasteiger partial charge on any atom is 0.269 e. The lowest BCUT2D eigenvalue weighted by molar-refractivity contribution is -0.143. The lowest BCUT2D eigenvalue weighted by Crippen LogP contribution is -2.62. The molecule has 6 rings (SSSR count). The number of pyridine rings is 1. The molecule has 24 nitrogen and oxygen atoms in total. The molecular weight excluding hydrogens is 1150 g/mol. The first-order valence-electron chi connectivity index (χ1n) is 32.0. The fourth-order valence-corrected chi connectivity index (χ4v) is 11.6. The number of hydrogen-bond donors (Lipinski definition) is 10. The highest BCUT2D eigenvalue weighted by Gasteiger charge is 2.43. The minimum Gasteiger partial charge on any atom is -0.351 e. The van der Waals surface area contributed by atoms with Crippen molar-refractivity contribution < 1.29 is 52.7 Å². The van der Waals surface area contributed by atoms with Gasteiger partial charge in [-0.3, -0.25) is 57.7 Å². The third kappa shape index (κ3) is 20.6. The van der Waals surface area contributed by atoms with Gasteiger partial charge in [0.05, 0.1) is 0 Å². The predicted molar refractivity (Wildman–Crippen MR) is 338 cm³/mol. The van der Waals surface area contributed by atoms with Gasteiger partial charge >= 0.3 is 0 Å². The van der Waals surface area contributed by atoms with Crippen LogP contribution in [0.4, 0.5) is 0 Å². The van der Waals surface area contributed by atoms with Crippen LogP contribution in [-0.2, 0) is 60.8 Å². The molecule has 1 aromatic heterocycles. The summed E-state index contributed by atoms with van der Waals surface area (Å²) in [6, 6.07) is 10.6. The highest BCUT2D eigenvalue weighted by atomic mass is 16.2. The van der Waals surface area contributed by atoms with Crippen molar-refractivity contribution in [2.24, 2.45) is 29.4 Å². The standard InChI is InChI=1S/C66H95N13O11/c1-39(2)35-48-59(83)74-50(37-43-21-11-9-12-22-43)65(89)79-34-20-29-53(79)62(86)77-55(42(7)8)64(88)71-47(27-18-32-69-56(80)45-25-15-16-31-68-45)58(82)73-49(36-40(3)4)60(84)75-51(38-44-23-13-10-14-24-44)66(90)78-33-19-28-52(78)61(85)76-54(41(5)6)63(87)70-46(26-17-30-67)57(81)72-48/h9-16,21-25,31,39-42,46-55H,17-20,26-30,32-38,67H2,1-8H3,(H,69,80)(H,70,87)(H,71,88)(H,72,81)(H,73,82)(H,74,83)(H,75,84)(H,76,85)(H,77,86)/t46-,47-,48-,49-,50+,51+,52-,53-,54-,55-/m0/s1. The van der Waals surface area contributed by atoms with Crippen LogP contribution < -0.4 is 53.6 Å². The topological polar surface area (TPSA) is 341 Å². The van der Waals surface area contributed by atoms with Crippen molar-refractivity contribution in [3.8, 4) is 0 Å². The molecule has 11 N–H and O–H groups in total. The van der Waals surface area contributed by atoms with Crippen LogP contribution in [0.15, 0.2) is 85.1 Å². The molecule has 90 heavy (non-hydrogen) atoms. The number of nitrogens with two attached hydrogens (primary N) is 1. The van der Waals surface area contributed by atoms with Gasteiger partial charge in [0.2, 0.25) is 59.1 Å². The van der Waals surface area contributed by atoms with Gasteiger partial charge in [-0.25, -0.2) is 0 Å². The number of nitrogens with zero attached hydrogens (tertiary/aromatic N) is 3. The Bertz CT molecular complexity index is 2930. The van der Waals surface area contributed by atoms with Crippen molar-refractivity contribution >= 4 is 65.0 Å². The molecule has 0 spiro atoms. The van der Waals surface area contributed by atoms with E-state index in [-0.39, 0.29) is 101 Å². The van der Waals surface area contributed by atoms with Crippen molar-refractivity contribution in [1.82, 2.24) is 62.6 Å². The van der Waals surface area contributed by atoms with E-state index in [1.54, 1.807) is 107 Å². The van der Waals surface area contributed by atoms with Crippen LogP contribution in [0.2, 0.25) is 0 Å². The number of aromatic nitrogens is 1. The monoisotopic (exact) mass is 1250 g/mol. The SMILES string of the molecule is CC(C)C[C@@H]1NC(=O)[C@H](CCCN)NC(=O)[C@H](C(C)C)NC(=O)[C@@H]2CCCN2C(=O)[C@@H](Cc2ccccc2)NC(=O)[C@H](CC(C)C)NC(=O)[C@H](CCCNC(=O)c2ccccn2)NC(=O)[C@H](C(C)C)NC(=O)[C@@H]2CCCN2C(=O)[C@@H](Cc2ccccc2)NC1=O. The predicted octanol–water partition coefficient (Wildman–Crippen LogP) is 2.09. The zero-order valence-corrected chi connectivity index (χ0v) is 53.4. The van der Waals surface area contributed by atoms with Crippen molar-refractivity contribution in [2.75, 3.05) is 26.2 Å². The molecule has 0 bridgehead atoms. The number of carbonyl (C=O) groups is 11. The van der Waals surface area contributed by atoms with Gasteiger partial charge in [-0.1, -0.05) is 122 Å². The summed E-state index contributed by atoms with van der Waals surface area (Å²) < 4.78 is 0. The summed E-state index contributed by atoms with van der Waals surface area (Å²) in [5, 5.41) is 25.7. The van der Waals surface area contributed by atoms with E-state index in [1.807, 2.05) is 27.7 Å². The Balaban J connectivity index is 1.40. The van der Waals surface area contributed by atoms with Crippen LogP contribution in [0.1, 0.15) is 141 Å². The molecule has 11 amide bonds. The maximum absolute atomic E-state index is 15.0. The zero-order chi connectivity index (χ0) is 65.6. The quantitative estimate of drug-likeness (QED) is 0.0817. The first-order valence-corrected chi connectivity index (χ1v) is 32.0. The second-order valence-electron chi connectivity index (χ2n) is 25.4. The van der Waals surface area contributed by atoms with Gasteiger partial charge in [0.25, 0.3) is 5.91 Å². The van der Waals surface area contributed by atoms with Crippen molar-refractivity contribution in [2.45, 2.75) is 193 Å². The highest BCUT2D eigenvalue weighted by Crippen LogP contribution is 2.24. The van der Waals surface area contributed by atoms with Crippen molar-refractivity contribution in [3.05, 3.63) is 102 Å². The molecule has 3 saturated heterocycles. The average Bonchev–Trinajstić information content (AvgIpc) is 1.75. The molecule has 3 fully saturated rings. The molecule has 4 heterocycles. The number of hydrogen-bond acceptors (Lipinski definition) is 13. The number of rotatable bonds is 18. The molecule has 0 radical (unpaired) electrons. The maximum atomic E-state index is 15.0. The van der Waals surface area contributed by atoms with E-state index in [1.165, 1.54) is 16.0 Å². The van der Waals surface area contributed by atoms with E-state index in [9.17, 15) is 43.2 Å². The van der Waals surface area contributed by atoms with Crippen molar-refractivity contribution in [3.63, 3.8) is 0 Å². The molecule has 0 saturated carbocycles. The Hall–Kier alpha value is -8.28. The summed E-state index contributed by atoms with van der Waals surface area (Å²) in [4.78, 5) is 167. The molecule has 0 unspecified atom stereocenters. The highest BCUT2D eigenvalue weighted by molar-refractivity contribution is 6.00. The molecule has 0 aliphatic carbocycles. The first-order chi connectivity index (χ1) is 42.9. The van der Waals surface area contributed by atoms with Gasteiger partial charge in [0, 0.05) is 38.7 Å². The molecule has 3 aliphatic heterocycles. The van der Waals surface area contributed by atoms with Crippen LogP contribution in [-0.4, -0.2) is 166 Å². The minimum atomic E-state index is -1.35. The smallest absolute Gasteiger partial charge is 0.269 e. The van der Waals surface area contributed by atoms with E-state index < -0.39 is 137 Å². The molecule has 3 aromatic rings. The Labute approximate surface area is 528 Å². The molecule has 490 valence electrons.